The molecule has 0 amide bonds. The first-order valence-corrected chi connectivity index (χ1v) is 7.37. The number of ether oxygens (including phenoxy) is 2. The Balaban J connectivity index is 2.18. The van der Waals surface area contributed by atoms with E-state index in [2.05, 4.69) is 15.9 Å². The van der Waals surface area contributed by atoms with Gasteiger partial charge >= 0.3 is 0 Å². The van der Waals surface area contributed by atoms with Crippen LogP contribution in [0.25, 0.3) is 0 Å². The van der Waals surface area contributed by atoms with Gasteiger partial charge in [-0.1, -0.05) is 22.0 Å². The molecule has 2 rings (SSSR count). The standard InChI is InChI=1S/C16H17BrFNO2/c1-20-15-5-2-11(6-7-19)8-16(15)21-10-12-9-13(17)3-4-14(12)18/h2-5,8-9H,6-7,10,19H2,1H3. The summed E-state index contributed by atoms with van der Waals surface area (Å²) < 4.78 is 25.5. The minimum atomic E-state index is -0.296. The number of rotatable bonds is 6. The lowest BCUT2D eigenvalue weighted by Gasteiger charge is -2.13. The molecule has 3 nitrogen and oxygen atoms in total. The van der Waals surface area contributed by atoms with Crippen molar-refractivity contribution in [1.29, 1.82) is 0 Å². The third-order valence-corrected chi connectivity index (χ3v) is 3.55. The lowest BCUT2D eigenvalue weighted by atomic mass is 10.1. The largest absolute Gasteiger partial charge is 0.493 e. The summed E-state index contributed by atoms with van der Waals surface area (Å²) in [6.45, 7) is 0.694. The van der Waals surface area contributed by atoms with Gasteiger partial charge in [0.25, 0.3) is 0 Å². The van der Waals surface area contributed by atoms with Crippen molar-refractivity contribution in [1.82, 2.24) is 0 Å². The molecule has 0 aromatic heterocycles. The lowest BCUT2D eigenvalue weighted by Crippen LogP contribution is -2.04. The van der Waals surface area contributed by atoms with E-state index in [-0.39, 0.29) is 12.4 Å². The molecular formula is C16H17BrFNO2. The second-order valence-corrected chi connectivity index (χ2v) is 5.46. The van der Waals surface area contributed by atoms with Crippen molar-refractivity contribution in [3.63, 3.8) is 0 Å². The predicted molar refractivity (Wildman–Crippen MR) is 84.2 cm³/mol. The average molecular weight is 354 g/mol. The van der Waals surface area contributed by atoms with Gasteiger partial charge in [-0.3, -0.25) is 0 Å². The molecule has 0 unspecified atom stereocenters. The van der Waals surface area contributed by atoms with Crippen molar-refractivity contribution >= 4 is 15.9 Å². The van der Waals surface area contributed by atoms with E-state index in [0.717, 1.165) is 16.5 Å². The average Bonchev–Trinajstić information content (AvgIpc) is 2.49. The van der Waals surface area contributed by atoms with Crippen molar-refractivity contribution in [2.24, 2.45) is 5.73 Å². The van der Waals surface area contributed by atoms with Crippen LogP contribution in [0.2, 0.25) is 0 Å². The molecule has 2 aromatic carbocycles. The highest BCUT2D eigenvalue weighted by Crippen LogP contribution is 2.29. The Labute approximate surface area is 132 Å². The van der Waals surface area contributed by atoms with E-state index in [1.807, 2.05) is 18.2 Å². The highest BCUT2D eigenvalue weighted by atomic mass is 79.9. The molecule has 2 aromatic rings. The molecule has 0 aliphatic carbocycles. The van der Waals surface area contributed by atoms with E-state index in [1.165, 1.54) is 6.07 Å². The van der Waals surface area contributed by atoms with Crippen LogP contribution in [0.5, 0.6) is 11.5 Å². The number of nitrogens with two attached hydrogens (primary N) is 1. The Morgan fingerprint density at radius 2 is 1.95 bits per heavy atom. The van der Waals surface area contributed by atoms with Gasteiger partial charge in [0.05, 0.1) is 7.11 Å². The molecule has 0 saturated heterocycles. The Hall–Kier alpha value is -1.59. The summed E-state index contributed by atoms with van der Waals surface area (Å²) in [4.78, 5) is 0. The number of benzene rings is 2. The van der Waals surface area contributed by atoms with Gasteiger partial charge in [-0.15, -0.1) is 0 Å². The fraction of sp³-hybridized carbons (Fsp3) is 0.250. The lowest BCUT2D eigenvalue weighted by molar-refractivity contribution is 0.279. The van der Waals surface area contributed by atoms with E-state index >= 15 is 0 Å². The normalized spacial score (nSPS) is 10.5. The Bertz CT molecular complexity index is 619. The van der Waals surface area contributed by atoms with Gasteiger partial charge in [-0.25, -0.2) is 4.39 Å². The molecule has 0 aliphatic heterocycles. The van der Waals surface area contributed by atoms with Crippen LogP contribution in [0.15, 0.2) is 40.9 Å². The van der Waals surface area contributed by atoms with Gasteiger partial charge in [0.2, 0.25) is 0 Å². The SMILES string of the molecule is COc1ccc(CCN)cc1OCc1cc(Br)ccc1F. The first-order valence-electron chi connectivity index (χ1n) is 6.57. The molecule has 0 saturated carbocycles. The maximum absolute atomic E-state index is 13.7. The number of hydrogen-bond acceptors (Lipinski definition) is 3. The van der Waals surface area contributed by atoms with Crippen molar-refractivity contribution < 1.29 is 13.9 Å². The van der Waals surface area contributed by atoms with Gasteiger partial charge in [0.1, 0.15) is 12.4 Å². The second-order valence-electron chi connectivity index (χ2n) is 4.55. The number of hydrogen-bond donors (Lipinski definition) is 1. The molecule has 0 atom stereocenters. The molecule has 2 N–H and O–H groups in total. The summed E-state index contributed by atoms with van der Waals surface area (Å²) in [5.41, 5.74) is 7.10. The molecule has 0 aliphatic rings. The molecule has 0 bridgehead atoms. The van der Waals surface area contributed by atoms with E-state index in [0.29, 0.717) is 23.6 Å². The zero-order valence-electron chi connectivity index (χ0n) is 11.7. The minimum absolute atomic E-state index is 0.133. The van der Waals surface area contributed by atoms with Crippen LogP contribution in [0, 0.1) is 5.82 Å². The third kappa shape index (κ3) is 4.19. The van der Waals surface area contributed by atoms with Crippen LogP contribution in [0.1, 0.15) is 11.1 Å². The summed E-state index contributed by atoms with van der Waals surface area (Å²) in [6.07, 6.45) is 0.756. The fourth-order valence-electron chi connectivity index (χ4n) is 1.97. The molecule has 0 spiro atoms. The topological polar surface area (TPSA) is 44.5 Å². The summed E-state index contributed by atoms with van der Waals surface area (Å²) >= 11 is 3.32. The third-order valence-electron chi connectivity index (χ3n) is 3.05. The van der Waals surface area contributed by atoms with Crippen molar-refractivity contribution in [2.75, 3.05) is 13.7 Å². The molecule has 21 heavy (non-hydrogen) atoms. The van der Waals surface area contributed by atoms with Crippen LogP contribution >= 0.6 is 15.9 Å². The van der Waals surface area contributed by atoms with Crippen LogP contribution in [0.4, 0.5) is 4.39 Å². The van der Waals surface area contributed by atoms with Gasteiger partial charge in [0, 0.05) is 10.0 Å². The highest BCUT2D eigenvalue weighted by Gasteiger charge is 2.09. The number of methoxy groups -OCH3 is 1. The van der Waals surface area contributed by atoms with Crippen LogP contribution in [-0.4, -0.2) is 13.7 Å². The molecule has 0 heterocycles. The second kappa shape index (κ2) is 7.43. The van der Waals surface area contributed by atoms with E-state index in [4.69, 9.17) is 15.2 Å². The first-order chi connectivity index (χ1) is 10.1. The monoisotopic (exact) mass is 353 g/mol. The van der Waals surface area contributed by atoms with Crippen molar-refractivity contribution in [3.05, 3.63) is 57.8 Å². The maximum atomic E-state index is 13.7. The Morgan fingerprint density at radius 1 is 1.14 bits per heavy atom. The Kier molecular flexibility index (Phi) is 5.59. The molecular weight excluding hydrogens is 337 g/mol. The van der Waals surface area contributed by atoms with Crippen LogP contribution in [-0.2, 0) is 13.0 Å². The van der Waals surface area contributed by atoms with Crippen LogP contribution in [0.3, 0.4) is 0 Å². The van der Waals surface area contributed by atoms with Crippen molar-refractivity contribution in [3.8, 4) is 11.5 Å². The molecule has 112 valence electrons. The number of halogens is 2. The quantitative estimate of drug-likeness (QED) is 0.861. The van der Waals surface area contributed by atoms with Gasteiger partial charge in [-0.05, 0) is 48.9 Å². The minimum Gasteiger partial charge on any atom is -0.493 e. The van der Waals surface area contributed by atoms with Gasteiger partial charge in [0.15, 0.2) is 11.5 Å². The highest BCUT2D eigenvalue weighted by molar-refractivity contribution is 9.10. The summed E-state index contributed by atoms with van der Waals surface area (Å²) in [5, 5.41) is 0. The molecule has 5 heteroatoms. The molecule has 0 fully saturated rings. The zero-order chi connectivity index (χ0) is 15.2. The van der Waals surface area contributed by atoms with Crippen LogP contribution < -0.4 is 15.2 Å². The maximum Gasteiger partial charge on any atom is 0.161 e. The first kappa shape index (κ1) is 15.8. The zero-order valence-corrected chi connectivity index (χ0v) is 13.3. The van der Waals surface area contributed by atoms with E-state index in [9.17, 15) is 4.39 Å². The van der Waals surface area contributed by atoms with Crippen molar-refractivity contribution in [2.45, 2.75) is 13.0 Å². The predicted octanol–water partition coefficient (Wildman–Crippen LogP) is 3.68. The van der Waals surface area contributed by atoms with E-state index < -0.39 is 0 Å². The summed E-state index contributed by atoms with van der Waals surface area (Å²) in [7, 11) is 1.57. The van der Waals surface area contributed by atoms with Gasteiger partial charge in [-0.2, -0.15) is 0 Å². The fourth-order valence-corrected chi connectivity index (χ4v) is 2.37. The summed E-state index contributed by atoms with van der Waals surface area (Å²) in [5.74, 6) is 0.907. The summed E-state index contributed by atoms with van der Waals surface area (Å²) in [6, 6.07) is 10.4. The van der Waals surface area contributed by atoms with Gasteiger partial charge < -0.3 is 15.2 Å². The van der Waals surface area contributed by atoms with E-state index in [1.54, 1.807) is 19.2 Å². The smallest absolute Gasteiger partial charge is 0.161 e. The Morgan fingerprint density at radius 3 is 2.67 bits per heavy atom. The molecule has 0 radical (unpaired) electrons.